The van der Waals surface area contributed by atoms with E-state index in [4.69, 9.17) is 4.74 Å². The first kappa shape index (κ1) is 16.0. The summed E-state index contributed by atoms with van der Waals surface area (Å²) in [6, 6.07) is 11.8. The lowest BCUT2D eigenvalue weighted by Crippen LogP contribution is -2.35. The molecule has 0 aliphatic heterocycles. The maximum atomic E-state index is 5.84. The highest BCUT2D eigenvalue weighted by molar-refractivity contribution is 9.10. The second kappa shape index (κ2) is 6.58. The minimum atomic E-state index is 0.0858. The fraction of sp³-hybridized carbons (Fsp3) is 0.353. The topological polar surface area (TPSA) is 34.1 Å². The molecule has 0 atom stereocenters. The SMILES string of the molecule is Cc1cc(CNC(C)(C)C)cc(Oc2cccc(Br)c2)n1. The fourth-order valence-electron chi connectivity index (χ4n) is 1.88. The Balaban J connectivity index is 2.15. The van der Waals surface area contributed by atoms with Crippen molar-refractivity contribution in [1.82, 2.24) is 10.3 Å². The van der Waals surface area contributed by atoms with Crippen LogP contribution in [0, 0.1) is 6.92 Å². The summed E-state index contributed by atoms with van der Waals surface area (Å²) in [6.07, 6.45) is 0. The number of aryl methyl sites for hydroxylation is 1. The summed E-state index contributed by atoms with van der Waals surface area (Å²) >= 11 is 3.44. The lowest BCUT2D eigenvalue weighted by molar-refractivity contribution is 0.421. The van der Waals surface area contributed by atoms with E-state index in [2.05, 4.69) is 53.1 Å². The monoisotopic (exact) mass is 348 g/mol. The van der Waals surface area contributed by atoms with Crippen molar-refractivity contribution in [1.29, 1.82) is 0 Å². The van der Waals surface area contributed by atoms with Crippen LogP contribution in [0.4, 0.5) is 0 Å². The number of nitrogens with one attached hydrogen (secondary N) is 1. The largest absolute Gasteiger partial charge is 0.439 e. The summed E-state index contributed by atoms with van der Waals surface area (Å²) in [6.45, 7) is 9.23. The first-order valence-corrected chi connectivity index (χ1v) is 7.77. The van der Waals surface area contributed by atoms with Gasteiger partial charge in [0.1, 0.15) is 5.75 Å². The van der Waals surface area contributed by atoms with Crippen molar-refractivity contribution >= 4 is 15.9 Å². The number of nitrogens with zero attached hydrogens (tertiary/aromatic N) is 1. The van der Waals surface area contributed by atoms with Crippen molar-refractivity contribution < 1.29 is 4.74 Å². The van der Waals surface area contributed by atoms with E-state index in [-0.39, 0.29) is 5.54 Å². The third-order valence-electron chi connectivity index (χ3n) is 2.83. The van der Waals surface area contributed by atoms with Crippen LogP contribution in [-0.4, -0.2) is 10.5 Å². The molecule has 0 bridgehead atoms. The molecular weight excluding hydrogens is 328 g/mol. The average Bonchev–Trinajstić information content (AvgIpc) is 2.35. The highest BCUT2D eigenvalue weighted by Gasteiger charge is 2.10. The van der Waals surface area contributed by atoms with Crippen LogP contribution < -0.4 is 10.1 Å². The highest BCUT2D eigenvalue weighted by atomic mass is 79.9. The van der Waals surface area contributed by atoms with Crippen molar-refractivity contribution in [3.8, 4) is 11.6 Å². The quantitative estimate of drug-likeness (QED) is 0.858. The standard InChI is InChI=1S/C17H21BrN2O/c1-12-8-13(11-19-17(2,3)4)9-16(20-12)21-15-7-5-6-14(18)10-15/h5-10,19H,11H2,1-4H3. The molecule has 0 spiro atoms. The minimum absolute atomic E-state index is 0.0858. The molecule has 1 aromatic heterocycles. The van der Waals surface area contributed by atoms with Gasteiger partial charge in [0.25, 0.3) is 0 Å². The van der Waals surface area contributed by atoms with E-state index in [1.807, 2.05) is 37.3 Å². The molecule has 21 heavy (non-hydrogen) atoms. The number of hydrogen-bond donors (Lipinski definition) is 1. The molecule has 0 amide bonds. The van der Waals surface area contributed by atoms with Crippen molar-refractivity contribution in [2.45, 2.75) is 39.8 Å². The van der Waals surface area contributed by atoms with E-state index in [0.29, 0.717) is 5.88 Å². The lowest BCUT2D eigenvalue weighted by Gasteiger charge is -2.20. The van der Waals surface area contributed by atoms with Gasteiger partial charge in [-0.1, -0.05) is 22.0 Å². The van der Waals surface area contributed by atoms with Crippen LogP contribution in [0.1, 0.15) is 32.0 Å². The zero-order chi connectivity index (χ0) is 15.5. The Labute approximate surface area is 134 Å². The van der Waals surface area contributed by atoms with E-state index in [9.17, 15) is 0 Å². The predicted molar refractivity (Wildman–Crippen MR) is 89.8 cm³/mol. The molecule has 4 heteroatoms. The van der Waals surface area contributed by atoms with Gasteiger partial charge in [-0.05, 0) is 57.5 Å². The van der Waals surface area contributed by atoms with E-state index in [1.54, 1.807) is 0 Å². The normalized spacial score (nSPS) is 11.5. The summed E-state index contributed by atoms with van der Waals surface area (Å²) in [4.78, 5) is 4.44. The molecule has 0 unspecified atom stereocenters. The first-order chi connectivity index (χ1) is 9.82. The van der Waals surface area contributed by atoms with Gasteiger partial charge in [0, 0.05) is 28.3 Å². The molecular formula is C17H21BrN2O. The first-order valence-electron chi connectivity index (χ1n) is 6.98. The Kier molecular flexibility index (Phi) is 5.01. The van der Waals surface area contributed by atoms with Crippen LogP contribution in [-0.2, 0) is 6.54 Å². The minimum Gasteiger partial charge on any atom is -0.439 e. The molecule has 2 aromatic rings. The molecule has 1 aromatic carbocycles. The third kappa shape index (κ3) is 5.48. The Morgan fingerprint density at radius 3 is 2.62 bits per heavy atom. The van der Waals surface area contributed by atoms with Crippen LogP contribution in [0.25, 0.3) is 0 Å². The summed E-state index contributed by atoms with van der Waals surface area (Å²) < 4.78 is 6.83. The Hall–Kier alpha value is -1.39. The van der Waals surface area contributed by atoms with Crippen molar-refractivity contribution in [2.75, 3.05) is 0 Å². The Morgan fingerprint density at radius 2 is 1.95 bits per heavy atom. The lowest BCUT2D eigenvalue weighted by atomic mass is 10.1. The Morgan fingerprint density at radius 1 is 1.19 bits per heavy atom. The molecule has 0 aliphatic carbocycles. The zero-order valence-corrected chi connectivity index (χ0v) is 14.5. The van der Waals surface area contributed by atoms with Gasteiger partial charge in [0.05, 0.1) is 0 Å². The molecule has 0 fully saturated rings. The van der Waals surface area contributed by atoms with Gasteiger partial charge in [-0.3, -0.25) is 0 Å². The molecule has 112 valence electrons. The molecule has 0 saturated heterocycles. The summed E-state index contributed by atoms with van der Waals surface area (Å²) in [5.41, 5.74) is 2.21. The second-order valence-corrected chi connectivity index (χ2v) is 7.03. The van der Waals surface area contributed by atoms with Gasteiger partial charge >= 0.3 is 0 Å². The van der Waals surface area contributed by atoms with Crippen LogP contribution >= 0.6 is 15.9 Å². The Bertz CT molecular complexity index is 620. The molecule has 1 N–H and O–H groups in total. The van der Waals surface area contributed by atoms with E-state index in [1.165, 1.54) is 5.56 Å². The van der Waals surface area contributed by atoms with Gasteiger partial charge < -0.3 is 10.1 Å². The molecule has 0 radical (unpaired) electrons. The highest BCUT2D eigenvalue weighted by Crippen LogP contribution is 2.24. The fourth-order valence-corrected chi connectivity index (χ4v) is 2.26. The van der Waals surface area contributed by atoms with Crippen LogP contribution in [0.15, 0.2) is 40.9 Å². The molecule has 0 saturated carbocycles. The van der Waals surface area contributed by atoms with Crippen molar-refractivity contribution in [2.24, 2.45) is 0 Å². The maximum Gasteiger partial charge on any atom is 0.219 e. The molecule has 1 heterocycles. The van der Waals surface area contributed by atoms with E-state index >= 15 is 0 Å². The molecule has 2 rings (SSSR count). The number of pyridine rings is 1. The van der Waals surface area contributed by atoms with E-state index < -0.39 is 0 Å². The van der Waals surface area contributed by atoms with Crippen LogP contribution in [0.3, 0.4) is 0 Å². The molecule has 3 nitrogen and oxygen atoms in total. The van der Waals surface area contributed by atoms with Gasteiger partial charge in [0.2, 0.25) is 5.88 Å². The predicted octanol–water partition coefficient (Wildman–Crippen LogP) is 4.83. The average molecular weight is 349 g/mol. The summed E-state index contributed by atoms with van der Waals surface area (Å²) in [5.74, 6) is 1.40. The zero-order valence-electron chi connectivity index (χ0n) is 12.9. The summed E-state index contributed by atoms with van der Waals surface area (Å²) in [7, 11) is 0. The van der Waals surface area contributed by atoms with Crippen LogP contribution in [0.5, 0.6) is 11.6 Å². The molecule has 0 aliphatic rings. The summed E-state index contributed by atoms with van der Waals surface area (Å²) in [5, 5.41) is 3.47. The van der Waals surface area contributed by atoms with Gasteiger partial charge in [0.15, 0.2) is 0 Å². The second-order valence-electron chi connectivity index (χ2n) is 6.12. The number of aromatic nitrogens is 1. The number of benzene rings is 1. The van der Waals surface area contributed by atoms with Gasteiger partial charge in [-0.15, -0.1) is 0 Å². The van der Waals surface area contributed by atoms with Crippen molar-refractivity contribution in [3.63, 3.8) is 0 Å². The van der Waals surface area contributed by atoms with Gasteiger partial charge in [-0.25, -0.2) is 4.98 Å². The number of ether oxygens (including phenoxy) is 1. The third-order valence-corrected chi connectivity index (χ3v) is 3.32. The van der Waals surface area contributed by atoms with Crippen LogP contribution in [0.2, 0.25) is 0 Å². The number of halogens is 1. The van der Waals surface area contributed by atoms with Crippen molar-refractivity contribution in [3.05, 3.63) is 52.1 Å². The smallest absolute Gasteiger partial charge is 0.219 e. The maximum absolute atomic E-state index is 5.84. The number of rotatable bonds is 4. The van der Waals surface area contributed by atoms with E-state index in [0.717, 1.165) is 22.5 Å². The number of hydrogen-bond acceptors (Lipinski definition) is 3. The van der Waals surface area contributed by atoms with Gasteiger partial charge in [-0.2, -0.15) is 0 Å².